The Labute approximate surface area is 89.7 Å². The van der Waals surface area contributed by atoms with E-state index in [4.69, 9.17) is 9.94 Å². The molecule has 1 amide bonds. The predicted molar refractivity (Wildman–Crippen MR) is 56.2 cm³/mol. The molecule has 1 aliphatic rings. The van der Waals surface area contributed by atoms with Crippen molar-refractivity contribution < 1.29 is 14.7 Å². The van der Waals surface area contributed by atoms with Crippen molar-refractivity contribution in [1.82, 2.24) is 4.90 Å². The summed E-state index contributed by atoms with van der Waals surface area (Å²) in [5, 5.41) is 11.8. The molecule has 0 aliphatic carbocycles. The molecule has 1 saturated heterocycles. The van der Waals surface area contributed by atoms with Crippen LogP contribution in [0.5, 0.6) is 0 Å². The maximum atomic E-state index is 11.6. The molecule has 1 aliphatic heterocycles. The van der Waals surface area contributed by atoms with Crippen LogP contribution in [0.3, 0.4) is 0 Å². The third kappa shape index (κ3) is 3.11. The van der Waals surface area contributed by atoms with E-state index in [9.17, 15) is 4.79 Å². The van der Waals surface area contributed by atoms with Gasteiger partial charge >= 0.3 is 6.09 Å². The second kappa shape index (κ2) is 4.08. The summed E-state index contributed by atoms with van der Waals surface area (Å²) < 4.78 is 5.21. The average Bonchev–Trinajstić information content (AvgIpc) is 2.43. The van der Waals surface area contributed by atoms with Crippen LogP contribution in [-0.4, -0.2) is 40.6 Å². The van der Waals surface area contributed by atoms with Crippen LogP contribution in [0.15, 0.2) is 5.16 Å². The van der Waals surface area contributed by atoms with Gasteiger partial charge in [0.25, 0.3) is 0 Å². The summed E-state index contributed by atoms with van der Waals surface area (Å²) in [5.74, 6) is 0.0996. The number of oxime groups is 1. The van der Waals surface area contributed by atoms with E-state index in [-0.39, 0.29) is 12.0 Å². The number of hydrogen-bond acceptors (Lipinski definition) is 4. The van der Waals surface area contributed by atoms with E-state index in [2.05, 4.69) is 5.16 Å². The summed E-state index contributed by atoms with van der Waals surface area (Å²) in [4.78, 5) is 13.2. The van der Waals surface area contributed by atoms with Gasteiger partial charge in [-0.15, -0.1) is 0 Å². The highest BCUT2D eigenvalue weighted by atomic mass is 16.6. The molecular formula is C10H18N2O3. The lowest BCUT2D eigenvalue weighted by atomic mass is 10.1. The number of rotatable bonds is 0. The van der Waals surface area contributed by atoms with Crippen molar-refractivity contribution in [2.75, 3.05) is 13.1 Å². The van der Waals surface area contributed by atoms with Gasteiger partial charge in [0.05, 0.1) is 12.3 Å². The Morgan fingerprint density at radius 1 is 1.60 bits per heavy atom. The molecule has 86 valence electrons. The van der Waals surface area contributed by atoms with Crippen molar-refractivity contribution in [3.63, 3.8) is 0 Å². The Morgan fingerprint density at radius 3 is 2.60 bits per heavy atom. The summed E-state index contributed by atoms with van der Waals surface area (Å²) >= 11 is 0. The van der Waals surface area contributed by atoms with Gasteiger partial charge in [0.15, 0.2) is 0 Å². The maximum Gasteiger partial charge on any atom is 0.410 e. The van der Waals surface area contributed by atoms with Crippen molar-refractivity contribution in [2.45, 2.75) is 33.3 Å². The van der Waals surface area contributed by atoms with Crippen LogP contribution in [0.4, 0.5) is 4.79 Å². The predicted octanol–water partition coefficient (Wildman–Crippen LogP) is 1.70. The smallest absolute Gasteiger partial charge is 0.410 e. The summed E-state index contributed by atoms with van der Waals surface area (Å²) in [5.41, 5.74) is 0.139. The molecule has 5 heteroatoms. The van der Waals surface area contributed by atoms with Crippen LogP contribution in [0.2, 0.25) is 0 Å². The first kappa shape index (κ1) is 11.8. The van der Waals surface area contributed by atoms with Gasteiger partial charge in [0, 0.05) is 12.5 Å². The fourth-order valence-corrected chi connectivity index (χ4v) is 1.45. The average molecular weight is 214 g/mol. The van der Waals surface area contributed by atoms with Crippen LogP contribution in [-0.2, 0) is 4.74 Å². The number of amides is 1. The van der Waals surface area contributed by atoms with E-state index >= 15 is 0 Å². The van der Waals surface area contributed by atoms with Crippen molar-refractivity contribution in [3.8, 4) is 0 Å². The second-order valence-electron chi connectivity index (χ2n) is 4.85. The minimum atomic E-state index is -0.487. The van der Waals surface area contributed by atoms with Gasteiger partial charge in [-0.25, -0.2) is 4.79 Å². The Morgan fingerprint density at radius 2 is 2.20 bits per heavy atom. The topological polar surface area (TPSA) is 62.1 Å². The van der Waals surface area contributed by atoms with Gasteiger partial charge < -0.3 is 14.8 Å². The van der Waals surface area contributed by atoms with E-state index in [1.54, 1.807) is 4.90 Å². The Bertz CT molecular complexity index is 281. The SMILES string of the molecule is CC1CN(C(=O)OC(C)(C)C)C/C1=N/O. The van der Waals surface area contributed by atoms with Crippen LogP contribution in [0.1, 0.15) is 27.7 Å². The monoisotopic (exact) mass is 214 g/mol. The number of likely N-dealkylation sites (tertiary alicyclic amines) is 1. The zero-order valence-electron chi connectivity index (χ0n) is 9.65. The molecule has 1 atom stereocenters. The van der Waals surface area contributed by atoms with Crippen LogP contribution in [0.25, 0.3) is 0 Å². The van der Waals surface area contributed by atoms with Crippen LogP contribution < -0.4 is 0 Å². The largest absolute Gasteiger partial charge is 0.444 e. The summed E-state index contributed by atoms with van der Waals surface area (Å²) in [6.45, 7) is 8.29. The molecule has 0 aromatic carbocycles. The summed E-state index contributed by atoms with van der Waals surface area (Å²) in [7, 11) is 0. The highest BCUT2D eigenvalue weighted by Gasteiger charge is 2.32. The van der Waals surface area contributed by atoms with Crippen LogP contribution >= 0.6 is 0 Å². The molecule has 1 fully saturated rings. The highest BCUT2D eigenvalue weighted by Crippen LogP contribution is 2.17. The molecule has 1 N–H and O–H groups in total. The Kier molecular flexibility index (Phi) is 3.21. The molecule has 0 bridgehead atoms. The third-order valence-corrected chi connectivity index (χ3v) is 2.20. The first-order valence-electron chi connectivity index (χ1n) is 5.02. The lowest BCUT2D eigenvalue weighted by Gasteiger charge is -2.23. The second-order valence-corrected chi connectivity index (χ2v) is 4.85. The van der Waals surface area contributed by atoms with Crippen LogP contribution in [0, 0.1) is 5.92 Å². The fraction of sp³-hybridized carbons (Fsp3) is 0.800. The lowest BCUT2D eigenvalue weighted by Crippen LogP contribution is -2.35. The molecule has 0 saturated carbocycles. The maximum absolute atomic E-state index is 11.6. The molecule has 0 aromatic rings. The van der Waals surface area contributed by atoms with Gasteiger partial charge in [0.1, 0.15) is 5.60 Å². The standard InChI is InChI=1S/C10H18N2O3/c1-7-5-12(6-8(7)11-14)9(13)15-10(2,3)4/h7,14H,5-6H2,1-4H3/b11-8-. The normalized spacial score (nSPS) is 24.7. The first-order chi connectivity index (χ1) is 6.83. The van der Waals surface area contributed by atoms with Gasteiger partial charge in [-0.2, -0.15) is 0 Å². The molecule has 0 spiro atoms. The Hall–Kier alpha value is -1.26. The van der Waals surface area contributed by atoms with Gasteiger partial charge in [-0.05, 0) is 20.8 Å². The minimum absolute atomic E-state index is 0.0996. The van der Waals surface area contributed by atoms with E-state index in [0.717, 1.165) is 0 Å². The van der Waals surface area contributed by atoms with Gasteiger partial charge in [-0.1, -0.05) is 12.1 Å². The zero-order chi connectivity index (χ0) is 11.6. The van der Waals surface area contributed by atoms with E-state index in [1.807, 2.05) is 27.7 Å². The summed E-state index contributed by atoms with van der Waals surface area (Å²) in [6, 6.07) is 0. The molecular weight excluding hydrogens is 196 g/mol. The lowest BCUT2D eigenvalue weighted by molar-refractivity contribution is 0.0294. The van der Waals surface area contributed by atoms with Crippen molar-refractivity contribution in [1.29, 1.82) is 0 Å². The molecule has 0 radical (unpaired) electrons. The third-order valence-electron chi connectivity index (χ3n) is 2.20. The molecule has 5 nitrogen and oxygen atoms in total. The number of nitrogens with zero attached hydrogens (tertiary/aromatic N) is 2. The molecule has 0 aromatic heterocycles. The molecule has 1 heterocycles. The summed E-state index contributed by atoms with van der Waals surface area (Å²) in [6.07, 6.45) is -0.354. The van der Waals surface area contributed by atoms with Crippen molar-refractivity contribution in [3.05, 3.63) is 0 Å². The van der Waals surface area contributed by atoms with E-state index in [1.165, 1.54) is 0 Å². The van der Waals surface area contributed by atoms with E-state index < -0.39 is 5.60 Å². The van der Waals surface area contributed by atoms with Gasteiger partial charge in [-0.3, -0.25) is 0 Å². The molecule has 1 unspecified atom stereocenters. The quantitative estimate of drug-likeness (QED) is 0.493. The number of carbonyl (C=O) groups is 1. The number of hydrogen-bond donors (Lipinski definition) is 1. The minimum Gasteiger partial charge on any atom is -0.444 e. The fourth-order valence-electron chi connectivity index (χ4n) is 1.45. The van der Waals surface area contributed by atoms with Gasteiger partial charge in [0.2, 0.25) is 0 Å². The van der Waals surface area contributed by atoms with E-state index in [0.29, 0.717) is 18.8 Å². The number of ether oxygens (including phenoxy) is 1. The zero-order valence-corrected chi connectivity index (χ0v) is 9.65. The Balaban J connectivity index is 2.58. The highest BCUT2D eigenvalue weighted by molar-refractivity contribution is 5.93. The number of carbonyl (C=O) groups excluding carboxylic acids is 1. The molecule has 15 heavy (non-hydrogen) atoms. The van der Waals surface area contributed by atoms with Crippen molar-refractivity contribution in [2.24, 2.45) is 11.1 Å². The molecule has 1 rings (SSSR count). The first-order valence-corrected chi connectivity index (χ1v) is 5.02. The van der Waals surface area contributed by atoms with Crippen molar-refractivity contribution >= 4 is 11.8 Å².